The second kappa shape index (κ2) is 9.49. The molecule has 1 aliphatic heterocycles. The number of ether oxygens (including phenoxy) is 1. The SMILES string of the molecule is CCN(CC(=O)N1c2ccccc2OC[C@@H]1c1ccccc1)Cc1nc2ccccc2c(=O)[nH]1. The van der Waals surface area contributed by atoms with Crippen molar-refractivity contribution in [1.82, 2.24) is 14.9 Å². The molecule has 0 aliphatic carbocycles. The zero-order chi connectivity index (χ0) is 23.5. The van der Waals surface area contributed by atoms with Gasteiger partial charge in [0, 0.05) is 0 Å². The molecule has 7 nitrogen and oxygen atoms in total. The summed E-state index contributed by atoms with van der Waals surface area (Å²) >= 11 is 0. The Morgan fingerprint density at radius 3 is 2.62 bits per heavy atom. The van der Waals surface area contributed by atoms with E-state index in [1.165, 1.54) is 0 Å². The molecule has 0 bridgehead atoms. The first-order valence-electron chi connectivity index (χ1n) is 11.4. The van der Waals surface area contributed by atoms with Crippen molar-refractivity contribution in [3.05, 3.63) is 101 Å². The zero-order valence-corrected chi connectivity index (χ0v) is 19.0. The lowest BCUT2D eigenvalue weighted by atomic mass is 10.0. The number of benzene rings is 3. The molecule has 0 radical (unpaired) electrons. The number of para-hydroxylation sites is 3. The first-order chi connectivity index (χ1) is 16.6. The molecule has 1 aliphatic rings. The van der Waals surface area contributed by atoms with Crippen molar-refractivity contribution in [3.8, 4) is 5.75 Å². The maximum absolute atomic E-state index is 13.7. The van der Waals surface area contributed by atoms with E-state index >= 15 is 0 Å². The summed E-state index contributed by atoms with van der Waals surface area (Å²) in [6, 6.07) is 24.6. The molecule has 172 valence electrons. The Morgan fingerprint density at radius 1 is 1.06 bits per heavy atom. The summed E-state index contributed by atoms with van der Waals surface area (Å²) in [5, 5.41) is 0.556. The highest BCUT2D eigenvalue weighted by Crippen LogP contribution is 2.39. The maximum atomic E-state index is 13.7. The second-order valence-electron chi connectivity index (χ2n) is 8.30. The number of hydrogen-bond donors (Lipinski definition) is 1. The molecular formula is C27H26N4O3. The minimum atomic E-state index is -0.221. The van der Waals surface area contributed by atoms with Gasteiger partial charge in [0.15, 0.2) is 0 Å². The number of H-pyrrole nitrogens is 1. The Bertz CT molecular complexity index is 1370. The highest BCUT2D eigenvalue weighted by atomic mass is 16.5. The lowest BCUT2D eigenvalue weighted by Gasteiger charge is -2.38. The van der Waals surface area contributed by atoms with Crippen LogP contribution in [-0.4, -0.2) is 40.5 Å². The third-order valence-corrected chi connectivity index (χ3v) is 6.13. The van der Waals surface area contributed by atoms with E-state index in [9.17, 15) is 9.59 Å². The van der Waals surface area contributed by atoms with Gasteiger partial charge in [-0.3, -0.25) is 19.4 Å². The van der Waals surface area contributed by atoms with Crippen LogP contribution >= 0.6 is 0 Å². The molecule has 1 amide bonds. The number of likely N-dealkylation sites (N-methyl/N-ethyl adjacent to an activating group) is 1. The molecule has 4 aromatic rings. The average Bonchev–Trinajstić information content (AvgIpc) is 2.88. The Morgan fingerprint density at radius 2 is 1.79 bits per heavy atom. The van der Waals surface area contributed by atoms with Crippen molar-refractivity contribution in [2.45, 2.75) is 19.5 Å². The van der Waals surface area contributed by atoms with Gasteiger partial charge in [0.05, 0.1) is 35.7 Å². The fourth-order valence-corrected chi connectivity index (χ4v) is 4.39. The Labute approximate surface area is 197 Å². The number of aromatic nitrogens is 2. The van der Waals surface area contributed by atoms with E-state index in [0.29, 0.717) is 42.2 Å². The smallest absolute Gasteiger partial charge is 0.258 e. The third kappa shape index (κ3) is 4.30. The predicted molar refractivity (Wildman–Crippen MR) is 132 cm³/mol. The first-order valence-corrected chi connectivity index (χ1v) is 11.4. The number of amides is 1. The normalized spacial score (nSPS) is 15.2. The van der Waals surface area contributed by atoms with E-state index in [-0.39, 0.29) is 24.1 Å². The molecular weight excluding hydrogens is 428 g/mol. The summed E-state index contributed by atoms with van der Waals surface area (Å²) in [5.41, 5.74) is 2.26. The number of carbonyl (C=O) groups excluding carboxylic acids is 1. The number of anilines is 1. The minimum Gasteiger partial charge on any atom is -0.489 e. The van der Waals surface area contributed by atoms with Crippen molar-refractivity contribution in [2.24, 2.45) is 0 Å². The van der Waals surface area contributed by atoms with E-state index in [0.717, 1.165) is 11.3 Å². The van der Waals surface area contributed by atoms with E-state index in [1.807, 2.05) is 89.5 Å². The van der Waals surface area contributed by atoms with Crippen molar-refractivity contribution in [1.29, 1.82) is 0 Å². The molecule has 5 rings (SSSR count). The molecule has 1 atom stereocenters. The fraction of sp³-hybridized carbons (Fsp3) is 0.222. The van der Waals surface area contributed by atoms with Crippen LogP contribution in [0.5, 0.6) is 5.75 Å². The van der Waals surface area contributed by atoms with Crippen LogP contribution < -0.4 is 15.2 Å². The van der Waals surface area contributed by atoms with Gasteiger partial charge in [-0.25, -0.2) is 4.98 Å². The van der Waals surface area contributed by atoms with Crippen LogP contribution in [0.15, 0.2) is 83.7 Å². The molecule has 0 saturated heterocycles. The largest absolute Gasteiger partial charge is 0.489 e. The Hall–Kier alpha value is -3.97. The number of hydrogen-bond acceptors (Lipinski definition) is 5. The highest BCUT2D eigenvalue weighted by Gasteiger charge is 2.33. The Balaban J connectivity index is 1.42. The minimum absolute atomic E-state index is 0.0328. The van der Waals surface area contributed by atoms with Crippen LogP contribution in [0, 0.1) is 0 Å². The van der Waals surface area contributed by atoms with Gasteiger partial charge in [-0.2, -0.15) is 0 Å². The number of rotatable bonds is 6. The van der Waals surface area contributed by atoms with Crippen LogP contribution in [0.4, 0.5) is 5.69 Å². The molecule has 0 fully saturated rings. The molecule has 0 spiro atoms. The Kier molecular flexibility index (Phi) is 6.10. The monoisotopic (exact) mass is 454 g/mol. The van der Waals surface area contributed by atoms with Gasteiger partial charge >= 0.3 is 0 Å². The van der Waals surface area contributed by atoms with Crippen LogP contribution in [-0.2, 0) is 11.3 Å². The molecule has 7 heteroatoms. The fourth-order valence-electron chi connectivity index (χ4n) is 4.39. The predicted octanol–water partition coefficient (Wildman–Crippen LogP) is 3.91. The average molecular weight is 455 g/mol. The third-order valence-electron chi connectivity index (χ3n) is 6.13. The van der Waals surface area contributed by atoms with Gasteiger partial charge in [0.2, 0.25) is 5.91 Å². The van der Waals surface area contributed by atoms with E-state index in [1.54, 1.807) is 6.07 Å². The van der Waals surface area contributed by atoms with E-state index in [2.05, 4.69) is 9.97 Å². The first kappa shape index (κ1) is 21.9. The van der Waals surface area contributed by atoms with Crippen molar-refractivity contribution < 1.29 is 9.53 Å². The van der Waals surface area contributed by atoms with Gasteiger partial charge in [0.25, 0.3) is 5.56 Å². The van der Waals surface area contributed by atoms with E-state index in [4.69, 9.17) is 4.74 Å². The lowest BCUT2D eigenvalue weighted by molar-refractivity contribution is -0.120. The van der Waals surface area contributed by atoms with Gasteiger partial charge in [-0.05, 0) is 36.4 Å². The second-order valence-corrected chi connectivity index (χ2v) is 8.30. The number of nitrogens with zero attached hydrogens (tertiary/aromatic N) is 3. The van der Waals surface area contributed by atoms with Gasteiger partial charge in [-0.1, -0.05) is 61.5 Å². The van der Waals surface area contributed by atoms with Gasteiger partial charge < -0.3 is 9.72 Å². The quantitative estimate of drug-likeness (QED) is 0.478. The number of carbonyl (C=O) groups is 1. The van der Waals surface area contributed by atoms with Crippen molar-refractivity contribution >= 4 is 22.5 Å². The summed E-state index contributed by atoms with van der Waals surface area (Å²) in [7, 11) is 0. The van der Waals surface area contributed by atoms with Crippen LogP contribution in [0.3, 0.4) is 0 Å². The summed E-state index contributed by atoms with van der Waals surface area (Å²) in [6.07, 6.45) is 0. The summed E-state index contributed by atoms with van der Waals surface area (Å²) in [6.45, 7) is 3.56. The van der Waals surface area contributed by atoms with Crippen molar-refractivity contribution in [2.75, 3.05) is 24.6 Å². The number of fused-ring (bicyclic) bond motifs is 2. The maximum Gasteiger partial charge on any atom is 0.258 e. The highest BCUT2D eigenvalue weighted by molar-refractivity contribution is 5.97. The molecule has 1 aromatic heterocycles. The molecule has 0 unspecified atom stereocenters. The van der Waals surface area contributed by atoms with Gasteiger partial charge in [-0.15, -0.1) is 0 Å². The molecule has 3 aromatic carbocycles. The zero-order valence-electron chi connectivity index (χ0n) is 19.0. The summed E-state index contributed by atoms with van der Waals surface area (Å²) < 4.78 is 5.99. The number of nitrogens with one attached hydrogen (secondary N) is 1. The number of aromatic amines is 1. The van der Waals surface area contributed by atoms with Crippen molar-refractivity contribution in [3.63, 3.8) is 0 Å². The van der Waals surface area contributed by atoms with Crippen LogP contribution in [0.2, 0.25) is 0 Å². The lowest BCUT2D eigenvalue weighted by Crippen LogP contribution is -2.46. The molecule has 2 heterocycles. The molecule has 0 saturated carbocycles. The molecule has 1 N–H and O–H groups in total. The standard InChI is InChI=1S/C27H26N4O3/c1-2-30(16-25-28-21-13-7-6-12-20(21)27(33)29-25)17-26(32)31-22-14-8-9-15-24(22)34-18-23(31)19-10-4-3-5-11-19/h3-15,23H,2,16-18H2,1H3,(H,28,29,33)/t23-/m1/s1. The van der Waals surface area contributed by atoms with Crippen LogP contribution in [0.1, 0.15) is 24.4 Å². The topological polar surface area (TPSA) is 78.5 Å². The van der Waals surface area contributed by atoms with Gasteiger partial charge in [0.1, 0.15) is 18.2 Å². The van der Waals surface area contributed by atoms with Crippen LogP contribution in [0.25, 0.3) is 10.9 Å². The van der Waals surface area contributed by atoms with E-state index < -0.39 is 0 Å². The molecule has 34 heavy (non-hydrogen) atoms. The summed E-state index contributed by atoms with van der Waals surface area (Å²) in [5.74, 6) is 1.21. The summed E-state index contributed by atoms with van der Waals surface area (Å²) in [4.78, 5) is 37.5.